The van der Waals surface area contributed by atoms with Crippen LogP contribution in [0.25, 0.3) is 5.57 Å². The van der Waals surface area contributed by atoms with E-state index >= 15 is 0 Å². The maximum atomic E-state index is 14.6. The zero-order valence-electron chi connectivity index (χ0n) is 19.0. The van der Waals surface area contributed by atoms with Crippen LogP contribution in [0.5, 0.6) is 5.75 Å². The average molecular weight is 413 g/mol. The number of allylic oxidation sites excluding steroid dienone is 5. The van der Waals surface area contributed by atoms with Crippen LogP contribution in [0.4, 0.5) is 4.39 Å². The van der Waals surface area contributed by atoms with Gasteiger partial charge in [0, 0.05) is 24.6 Å². The Morgan fingerprint density at radius 3 is 2.53 bits per heavy atom. The predicted octanol–water partition coefficient (Wildman–Crippen LogP) is 6.93. The fourth-order valence-electron chi connectivity index (χ4n) is 2.88. The SMILES string of the molecule is C=N/C(=C\C=C/C)Oc1ccc(/C(C)=C(\C)N=C(C(C)=O)C(C)CCCC)cc1F. The lowest BCUT2D eigenvalue weighted by Crippen LogP contribution is -2.19. The van der Waals surface area contributed by atoms with Gasteiger partial charge in [0.1, 0.15) is 0 Å². The molecule has 1 unspecified atom stereocenters. The number of ether oxygens (including phenoxy) is 1. The molecule has 5 heteroatoms. The molecule has 0 amide bonds. The Labute approximate surface area is 180 Å². The number of hydrogen-bond donors (Lipinski definition) is 0. The molecule has 0 heterocycles. The highest BCUT2D eigenvalue weighted by Crippen LogP contribution is 2.27. The van der Waals surface area contributed by atoms with Crippen LogP contribution in [0.15, 0.2) is 58.0 Å². The second kappa shape index (κ2) is 12.7. The maximum absolute atomic E-state index is 14.6. The summed E-state index contributed by atoms with van der Waals surface area (Å²) in [7, 11) is 0. The van der Waals surface area contributed by atoms with Gasteiger partial charge in [0.15, 0.2) is 17.3 Å². The molecule has 1 atom stereocenters. The molecule has 0 aliphatic carbocycles. The highest BCUT2D eigenvalue weighted by Gasteiger charge is 2.16. The zero-order chi connectivity index (χ0) is 22.7. The number of benzene rings is 1. The Kier molecular flexibility index (Phi) is 10.7. The number of unbranched alkanes of at least 4 members (excludes halogenated alkanes) is 1. The third-order valence-corrected chi connectivity index (χ3v) is 4.82. The first-order valence-electron chi connectivity index (χ1n) is 10.3. The predicted molar refractivity (Wildman–Crippen MR) is 125 cm³/mol. The van der Waals surface area contributed by atoms with Gasteiger partial charge in [-0.25, -0.2) is 9.38 Å². The van der Waals surface area contributed by atoms with E-state index in [0.717, 1.165) is 24.8 Å². The molecule has 1 aromatic carbocycles. The molecule has 1 aromatic rings. The number of aliphatic imine (C=N–C) groups is 2. The first-order chi connectivity index (χ1) is 14.2. The average Bonchev–Trinajstić information content (AvgIpc) is 2.73. The van der Waals surface area contributed by atoms with Gasteiger partial charge in [-0.3, -0.25) is 9.79 Å². The molecule has 0 aromatic heterocycles. The van der Waals surface area contributed by atoms with Gasteiger partial charge < -0.3 is 4.74 Å². The minimum atomic E-state index is -0.512. The van der Waals surface area contributed by atoms with E-state index in [0.29, 0.717) is 17.0 Å². The molecule has 0 saturated carbocycles. The molecule has 0 spiro atoms. The summed E-state index contributed by atoms with van der Waals surface area (Å²) >= 11 is 0. The van der Waals surface area contributed by atoms with Crippen molar-refractivity contribution in [1.29, 1.82) is 0 Å². The molecule has 162 valence electrons. The second-order valence-corrected chi connectivity index (χ2v) is 7.24. The van der Waals surface area contributed by atoms with E-state index < -0.39 is 5.82 Å². The van der Waals surface area contributed by atoms with Crippen LogP contribution in [0.2, 0.25) is 0 Å². The van der Waals surface area contributed by atoms with Crippen LogP contribution in [0.1, 0.15) is 66.4 Å². The van der Waals surface area contributed by atoms with Gasteiger partial charge >= 0.3 is 0 Å². The largest absolute Gasteiger partial charge is 0.436 e. The Hall–Kier alpha value is -2.82. The normalized spacial score (nSPS) is 14.5. The summed E-state index contributed by atoms with van der Waals surface area (Å²) in [4.78, 5) is 20.4. The Morgan fingerprint density at radius 1 is 1.30 bits per heavy atom. The van der Waals surface area contributed by atoms with Crippen LogP contribution < -0.4 is 4.74 Å². The number of nitrogens with zero attached hydrogens (tertiary/aromatic N) is 2. The van der Waals surface area contributed by atoms with E-state index in [9.17, 15) is 9.18 Å². The van der Waals surface area contributed by atoms with Gasteiger partial charge in [0.05, 0.1) is 5.71 Å². The molecule has 4 nitrogen and oxygen atoms in total. The van der Waals surface area contributed by atoms with Crippen molar-refractivity contribution in [3.8, 4) is 5.75 Å². The fraction of sp³-hybridized carbons (Fsp3) is 0.400. The van der Waals surface area contributed by atoms with Crippen LogP contribution in [0, 0.1) is 11.7 Å². The summed E-state index contributed by atoms with van der Waals surface area (Å²) in [5, 5.41) is 0. The monoisotopic (exact) mass is 412 g/mol. The molecule has 30 heavy (non-hydrogen) atoms. The molecule has 0 aliphatic rings. The van der Waals surface area contributed by atoms with Crippen LogP contribution in [-0.4, -0.2) is 18.2 Å². The third kappa shape index (κ3) is 7.54. The van der Waals surface area contributed by atoms with Gasteiger partial charge in [-0.15, -0.1) is 0 Å². The lowest BCUT2D eigenvalue weighted by atomic mass is 9.96. The van der Waals surface area contributed by atoms with Gasteiger partial charge in [0.2, 0.25) is 5.88 Å². The van der Waals surface area contributed by atoms with Crippen molar-refractivity contribution >= 4 is 23.8 Å². The Bertz CT molecular complexity index is 879. The van der Waals surface area contributed by atoms with E-state index in [1.807, 2.05) is 33.8 Å². The van der Waals surface area contributed by atoms with Crippen molar-refractivity contribution in [2.75, 3.05) is 0 Å². The number of rotatable bonds is 11. The molecule has 1 rings (SSSR count). The molecule has 0 N–H and O–H groups in total. The lowest BCUT2D eigenvalue weighted by molar-refractivity contribution is -0.111. The highest BCUT2D eigenvalue weighted by atomic mass is 19.1. The lowest BCUT2D eigenvalue weighted by Gasteiger charge is -2.14. The fourth-order valence-corrected chi connectivity index (χ4v) is 2.88. The first-order valence-corrected chi connectivity index (χ1v) is 10.3. The van der Waals surface area contributed by atoms with E-state index in [-0.39, 0.29) is 23.3 Å². The highest BCUT2D eigenvalue weighted by molar-refractivity contribution is 6.39. The molecular formula is C25H33FN2O2. The second-order valence-electron chi connectivity index (χ2n) is 7.24. The molecule has 0 aliphatic heterocycles. The van der Waals surface area contributed by atoms with Crippen molar-refractivity contribution < 1.29 is 13.9 Å². The summed E-state index contributed by atoms with van der Waals surface area (Å²) in [6.07, 6.45) is 8.19. The van der Waals surface area contributed by atoms with Gasteiger partial charge in [0.25, 0.3) is 0 Å². The van der Waals surface area contributed by atoms with Crippen LogP contribution in [-0.2, 0) is 4.79 Å². The quantitative estimate of drug-likeness (QED) is 0.225. The summed E-state index contributed by atoms with van der Waals surface area (Å²) in [5.41, 5.74) is 2.73. The van der Waals surface area contributed by atoms with E-state index in [1.165, 1.54) is 6.07 Å². The van der Waals surface area contributed by atoms with Gasteiger partial charge in [-0.2, -0.15) is 0 Å². The summed E-state index contributed by atoms with van der Waals surface area (Å²) in [6, 6.07) is 4.71. The number of halogens is 1. The van der Waals surface area contributed by atoms with Crippen molar-refractivity contribution in [3.05, 3.63) is 59.4 Å². The van der Waals surface area contributed by atoms with Crippen LogP contribution in [0.3, 0.4) is 0 Å². The minimum absolute atomic E-state index is 0.0296. The third-order valence-electron chi connectivity index (χ3n) is 4.82. The summed E-state index contributed by atoms with van der Waals surface area (Å²) in [6.45, 7) is 14.7. The smallest absolute Gasteiger partial charge is 0.218 e. The molecule has 0 bridgehead atoms. The van der Waals surface area contributed by atoms with Crippen molar-refractivity contribution in [2.45, 2.75) is 60.8 Å². The number of carbonyl (C=O) groups is 1. The maximum Gasteiger partial charge on any atom is 0.218 e. The number of hydrogen-bond acceptors (Lipinski definition) is 4. The summed E-state index contributed by atoms with van der Waals surface area (Å²) < 4.78 is 20.1. The van der Waals surface area contributed by atoms with Gasteiger partial charge in [-0.05, 0) is 57.2 Å². The summed E-state index contributed by atoms with van der Waals surface area (Å²) in [5.74, 6) is -0.181. The molecule has 0 saturated heterocycles. The Morgan fingerprint density at radius 2 is 2.00 bits per heavy atom. The van der Waals surface area contributed by atoms with E-state index in [1.54, 1.807) is 31.2 Å². The number of carbonyl (C=O) groups excluding carboxylic acids is 1. The molecule has 0 fully saturated rings. The number of ketones is 1. The van der Waals surface area contributed by atoms with E-state index in [4.69, 9.17) is 4.74 Å². The van der Waals surface area contributed by atoms with Crippen molar-refractivity contribution in [3.63, 3.8) is 0 Å². The Balaban J connectivity index is 3.20. The zero-order valence-corrected chi connectivity index (χ0v) is 19.0. The number of Topliss-reactive ketones (excluding diaryl/α,β-unsaturated/α-hetero) is 1. The molecular weight excluding hydrogens is 379 g/mol. The minimum Gasteiger partial charge on any atom is -0.436 e. The van der Waals surface area contributed by atoms with Crippen molar-refractivity contribution in [1.82, 2.24) is 0 Å². The first kappa shape index (κ1) is 25.2. The van der Waals surface area contributed by atoms with E-state index in [2.05, 4.69) is 23.6 Å². The molecule has 0 radical (unpaired) electrons. The van der Waals surface area contributed by atoms with Crippen LogP contribution >= 0.6 is 0 Å². The van der Waals surface area contributed by atoms with Crippen molar-refractivity contribution in [2.24, 2.45) is 15.9 Å². The van der Waals surface area contributed by atoms with Gasteiger partial charge in [-0.1, -0.05) is 44.9 Å². The topological polar surface area (TPSA) is 51.0 Å². The standard InChI is InChI=1S/C25H33FN2O2/c1-8-10-12-17(3)25(20(6)29)28-19(5)18(4)21-14-15-23(22(26)16-21)30-24(27-7)13-11-9-2/h9,11,13-17H,7-8,10,12H2,1-6H3/b11-9-,19-18+,24-13+,28-25?.